The minimum atomic E-state index is -1.45. The number of hydrogen-bond donors (Lipinski definition) is 0. The first kappa shape index (κ1) is 10.6. The molecule has 10 heavy (non-hydrogen) atoms. The summed E-state index contributed by atoms with van der Waals surface area (Å²) in [5.41, 5.74) is 0. The van der Waals surface area contributed by atoms with Gasteiger partial charge in [0.15, 0.2) is 0 Å². The molecule has 0 aliphatic carbocycles. The molecule has 0 saturated carbocycles. The van der Waals surface area contributed by atoms with Gasteiger partial charge in [-0.05, 0) is 0 Å². The van der Waals surface area contributed by atoms with Crippen LogP contribution in [0.2, 0.25) is 0 Å². The van der Waals surface area contributed by atoms with Crippen LogP contribution < -0.4 is 51.4 Å². The Balaban J connectivity index is 0.000000810. The molecule has 0 aliphatic heterocycles. The van der Waals surface area contributed by atoms with E-state index in [0.29, 0.717) is 0 Å². The molecule has 1 aromatic rings. The van der Waals surface area contributed by atoms with E-state index in [4.69, 9.17) is 0 Å². The van der Waals surface area contributed by atoms with Crippen LogP contribution in [0.3, 0.4) is 0 Å². The molecule has 0 heterocycles. The van der Waals surface area contributed by atoms with Gasteiger partial charge < -0.3 is 0 Å². The SMILES string of the molecule is Fc1c[c-]cc(F)c1F.[K+]. The van der Waals surface area contributed by atoms with Crippen LogP contribution in [0.1, 0.15) is 0 Å². The molecular formula is C6H2F3K. The van der Waals surface area contributed by atoms with E-state index in [0.717, 1.165) is 12.1 Å². The molecule has 4 heteroatoms. The van der Waals surface area contributed by atoms with E-state index in [9.17, 15) is 13.2 Å². The average Bonchev–Trinajstić information content (AvgIpc) is 1.83. The maximum absolute atomic E-state index is 12.0. The van der Waals surface area contributed by atoms with Gasteiger partial charge in [0.1, 0.15) is 0 Å². The van der Waals surface area contributed by atoms with Crippen LogP contribution in [0.5, 0.6) is 0 Å². The van der Waals surface area contributed by atoms with Crippen LogP contribution in [0.4, 0.5) is 13.2 Å². The van der Waals surface area contributed by atoms with E-state index in [1.54, 1.807) is 0 Å². The van der Waals surface area contributed by atoms with Crippen LogP contribution in [0.25, 0.3) is 0 Å². The number of hydrogen-bond acceptors (Lipinski definition) is 0. The van der Waals surface area contributed by atoms with Crippen molar-refractivity contribution in [3.63, 3.8) is 0 Å². The standard InChI is InChI=1S/C6H2F3.K/c7-4-2-1-3-5(8)6(4)9;/h2-3H;/q-1;+1. The predicted molar refractivity (Wildman–Crippen MR) is 25.2 cm³/mol. The molecule has 0 atom stereocenters. The quantitative estimate of drug-likeness (QED) is 0.264. The van der Waals surface area contributed by atoms with Gasteiger partial charge >= 0.3 is 51.4 Å². The normalized spacial score (nSPS) is 8.70. The molecule has 0 N–H and O–H groups in total. The summed E-state index contributed by atoms with van der Waals surface area (Å²) in [5.74, 6) is -3.88. The van der Waals surface area contributed by atoms with Crippen molar-refractivity contribution in [2.24, 2.45) is 0 Å². The number of benzene rings is 1. The van der Waals surface area contributed by atoms with Crippen molar-refractivity contribution in [2.45, 2.75) is 0 Å². The molecule has 1 rings (SSSR count). The summed E-state index contributed by atoms with van der Waals surface area (Å²) < 4.78 is 35.8. The molecule has 48 valence electrons. The summed E-state index contributed by atoms with van der Waals surface area (Å²) in [6.07, 6.45) is 0. The van der Waals surface area contributed by atoms with Crippen molar-refractivity contribution >= 4 is 0 Å². The third-order valence-corrected chi connectivity index (χ3v) is 0.839. The van der Waals surface area contributed by atoms with Crippen molar-refractivity contribution in [1.82, 2.24) is 0 Å². The molecule has 1 aromatic carbocycles. The zero-order valence-corrected chi connectivity index (χ0v) is 8.41. The largest absolute Gasteiger partial charge is 1.00 e. The molecule has 0 amide bonds. The van der Waals surface area contributed by atoms with E-state index < -0.39 is 17.5 Å². The van der Waals surface area contributed by atoms with Crippen LogP contribution in [-0.2, 0) is 0 Å². The fraction of sp³-hybridized carbons (Fsp3) is 0. The fourth-order valence-electron chi connectivity index (χ4n) is 0.429. The summed E-state index contributed by atoms with van der Waals surface area (Å²) >= 11 is 0. The Bertz CT molecular complexity index is 204. The van der Waals surface area contributed by atoms with Gasteiger partial charge in [0, 0.05) is 11.6 Å². The van der Waals surface area contributed by atoms with E-state index in [1.807, 2.05) is 0 Å². The monoisotopic (exact) mass is 170 g/mol. The molecular weight excluding hydrogens is 168 g/mol. The van der Waals surface area contributed by atoms with Crippen LogP contribution in [-0.4, -0.2) is 0 Å². The Labute approximate surface area is 98.9 Å². The number of halogens is 3. The molecule has 0 fully saturated rings. The van der Waals surface area contributed by atoms with Gasteiger partial charge in [-0.3, -0.25) is 8.78 Å². The average molecular weight is 170 g/mol. The van der Waals surface area contributed by atoms with Crippen LogP contribution in [0, 0.1) is 23.5 Å². The summed E-state index contributed by atoms with van der Waals surface area (Å²) in [6.45, 7) is 0. The van der Waals surface area contributed by atoms with Gasteiger partial charge in [0.25, 0.3) is 0 Å². The topological polar surface area (TPSA) is 0 Å². The van der Waals surface area contributed by atoms with Crippen molar-refractivity contribution in [3.8, 4) is 0 Å². The smallest absolute Gasteiger partial charge is 0.281 e. The first-order valence-electron chi connectivity index (χ1n) is 2.22. The van der Waals surface area contributed by atoms with Crippen molar-refractivity contribution in [2.75, 3.05) is 0 Å². The molecule has 0 saturated heterocycles. The predicted octanol–water partition coefficient (Wildman–Crippen LogP) is -1.09. The molecule has 0 radical (unpaired) electrons. The van der Waals surface area contributed by atoms with Gasteiger partial charge in [0.2, 0.25) is 0 Å². The molecule has 0 unspecified atom stereocenters. The maximum Gasteiger partial charge on any atom is 1.00 e. The van der Waals surface area contributed by atoms with Crippen LogP contribution in [0.15, 0.2) is 12.1 Å². The first-order chi connectivity index (χ1) is 4.22. The van der Waals surface area contributed by atoms with Crippen LogP contribution >= 0.6 is 0 Å². The van der Waals surface area contributed by atoms with E-state index >= 15 is 0 Å². The summed E-state index contributed by atoms with van der Waals surface area (Å²) in [5, 5.41) is 0. The first-order valence-corrected chi connectivity index (χ1v) is 2.22. The van der Waals surface area contributed by atoms with E-state index in [1.165, 1.54) is 0 Å². The molecule has 0 spiro atoms. The Morgan fingerprint density at radius 3 is 1.70 bits per heavy atom. The third-order valence-electron chi connectivity index (χ3n) is 0.839. The second-order valence-electron chi connectivity index (χ2n) is 1.47. The molecule has 0 aromatic heterocycles. The molecule has 0 nitrogen and oxygen atoms in total. The van der Waals surface area contributed by atoms with Crippen molar-refractivity contribution in [3.05, 3.63) is 35.7 Å². The Kier molecular flexibility index (Phi) is 4.80. The van der Waals surface area contributed by atoms with Gasteiger partial charge in [-0.2, -0.15) is 6.07 Å². The second kappa shape index (κ2) is 4.51. The van der Waals surface area contributed by atoms with E-state index in [2.05, 4.69) is 6.07 Å². The third kappa shape index (κ3) is 2.36. The summed E-state index contributed by atoms with van der Waals surface area (Å²) in [4.78, 5) is 0. The minimum absolute atomic E-state index is 0. The maximum atomic E-state index is 12.0. The fourth-order valence-corrected chi connectivity index (χ4v) is 0.429. The van der Waals surface area contributed by atoms with E-state index in [-0.39, 0.29) is 51.4 Å². The van der Waals surface area contributed by atoms with Gasteiger partial charge in [-0.25, -0.2) is 4.39 Å². The molecule has 0 aliphatic rings. The van der Waals surface area contributed by atoms with Crippen molar-refractivity contribution < 1.29 is 64.6 Å². The summed E-state index contributed by atoms with van der Waals surface area (Å²) in [6, 6.07) is 3.55. The summed E-state index contributed by atoms with van der Waals surface area (Å²) in [7, 11) is 0. The Morgan fingerprint density at radius 2 is 1.40 bits per heavy atom. The Morgan fingerprint density at radius 1 is 1.00 bits per heavy atom. The minimum Gasteiger partial charge on any atom is -0.281 e. The van der Waals surface area contributed by atoms with Gasteiger partial charge in [0.05, 0.1) is 5.82 Å². The Hall–Kier alpha value is 0.646. The number of rotatable bonds is 0. The van der Waals surface area contributed by atoms with Crippen molar-refractivity contribution in [1.29, 1.82) is 0 Å². The second-order valence-corrected chi connectivity index (χ2v) is 1.47. The zero-order valence-electron chi connectivity index (χ0n) is 5.29. The van der Waals surface area contributed by atoms with Gasteiger partial charge in [-0.1, -0.05) is 0 Å². The van der Waals surface area contributed by atoms with Gasteiger partial charge in [-0.15, -0.1) is 12.1 Å². The molecule has 0 bridgehead atoms. The zero-order chi connectivity index (χ0) is 6.85.